The molecule has 1 heterocycles. The topological polar surface area (TPSA) is 115 Å². The first-order chi connectivity index (χ1) is 15.3. The van der Waals surface area contributed by atoms with Gasteiger partial charge in [0.15, 0.2) is 18.1 Å². The molecule has 2 aromatic rings. The number of hydrazone groups is 1. The number of nitrogens with zero attached hydrogens (tertiary/aromatic N) is 2. The van der Waals surface area contributed by atoms with Gasteiger partial charge in [-0.05, 0) is 55.8 Å². The maximum Gasteiger partial charge on any atom is 0.344 e. The van der Waals surface area contributed by atoms with Crippen LogP contribution in [0.3, 0.4) is 0 Å². The highest BCUT2D eigenvalue weighted by Crippen LogP contribution is 2.31. The Balaban J connectivity index is 1.83. The summed E-state index contributed by atoms with van der Waals surface area (Å²) in [4.78, 5) is 35.7. The van der Waals surface area contributed by atoms with Gasteiger partial charge in [-0.2, -0.15) is 10.1 Å². The van der Waals surface area contributed by atoms with Crippen molar-refractivity contribution < 1.29 is 33.7 Å². The molecular weight excluding hydrogens is 416 g/mol. The second-order valence-electron chi connectivity index (χ2n) is 6.72. The molecule has 0 unspecified atom stereocenters. The van der Waals surface area contributed by atoms with E-state index in [4.69, 9.17) is 14.2 Å². The molecule has 1 aliphatic rings. The summed E-state index contributed by atoms with van der Waals surface area (Å²) in [6.07, 6.45) is 1.65. The molecule has 0 atom stereocenters. The van der Waals surface area contributed by atoms with Gasteiger partial charge >= 0.3 is 11.9 Å². The van der Waals surface area contributed by atoms with E-state index in [0.717, 1.165) is 0 Å². The van der Waals surface area contributed by atoms with Gasteiger partial charge in [-0.3, -0.25) is 4.79 Å². The second-order valence-corrected chi connectivity index (χ2v) is 6.72. The summed E-state index contributed by atoms with van der Waals surface area (Å²) in [6.45, 7) is 3.41. The van der Waals surface area contributed by atoms with Crippen LogP contribution < -0.4 is 14.5 Å². The molecule has 0 fully saturated rings. The monoisotopic (exact) mass is 438 g/mol. The van der Waals surface area contributed by atoms with Crippen molar-refractivity contribution in [1.29, 1.82) is 0 Å². The van der Waals surface area contributed by atoms with Gasteiger partial charge in [0.25, 0.3) is 5.91 Å². The highest BCUT2D eigenvalue weighted by Gasteiger charge is 2.29. The number of methoxy groups -OCH3 is 1. The van der Waals surface area contributed by atoms with Gasteiger partial charge in [-0.1, -0.05) is 12.1 Å². The number of carboxylic acids is 1. The number of amides is 1. The number of rotatable bonds is 8. The van der Waals surface area contributed by atoms with Crippen LogP contribution in [0.2, 0.25) is 0 Å². The van der Waals surface area contributed by atoms with Crippen molar-refractivity contribution in [3.63, 3.8) is 0 Å². The molecule has 0 saturated carbocycles. The van der Waals surface area contributed by atoms with Crippen molar-refractivity contribution in [3.05, 3.63) is 59.2 Å². The van der Waals surface area contributed by atoms with Gasteiger partial charge in [0, 0.05) is 0 Å². The highest BCUT2D eigenvalue weighted by molar-refractivity contribution is 6.32. The maximum atomic E-state index is 13.0. The average molecular weight is 438 g/mol. The first-order valence-corrected chi connectivity index (χ1v) is 9.75. The summed E-state index contributed by atoms with van der Waals surface area (Å²) in [5.74, 6) is -1.22. The van der Waals surface area contributed by atoms with E-state index >= 15 is 0 Å². The molecule has 2 aromatic carbocycles. The van der Waals surface area contributed by atoms with Crippen molar-refractivity contribution in [1.82, 2.24) is 0 Å². The standard InChI is InChI=1S/C23H22N2O7/c1-4-31-21(26)13-32-19-9-8-15(11-20(19)30-3)10-18-14(2)24-25(22(18)27)17-7-5-6-16(12-17)23(28)29/h5-12H,4,13H2,1-3H3,(H,28,29)/b18-10+. The largest absolute Gasteiger partial charge is 0.493 e. The van der Waals surface area contributed by atoms with Gasteiger partial charge in [0.1, 0.15) is 0 Å². The van der Waals surface area contributed by atoms with Crippen LogP contribution in [-0.4, -0.2) is 49.0 Å². The molecule has 0 spiro atoms. The number of benzene rings is 2. The third kappa shape index (κ3) is 4.94. The van der Waals surface area contributed by atoms with E-state index < -0.39 is 11.9 Å². The summed E-state index contributed by atoms with van der Waals surface area (Å²) in [5, 5.41) is 14.6. The fourth-order valence-electron chi connectivity index (χ4n) is 3.03. The molecule has 0 saturated heterocycles. The quantitative estimate of drug-likeness (QED) is 0.497. The zero-order chi connectivity index (χ0) is 23.3. The molecule has 0 radical (unpaired) electrons. The molecule has 3 rings (SSSR count). The Bertz CT molecular complexity index is 1120. The lowest BCUT2D eigenvalue weighted by atomic mass is 10.1. The van der Waals surface area contributed by atoms with Gasteiger partial charge in [0.05, 0.1) is 36.3 Å². The molecule has 9 heteroatoms. The molecule has 1 N–H and O–H groups in total. The normalized spacial score (nSPS) is 14.3. The number of anilines is 1. The van der Waals surface area contributed by atoms with Crippen molar-refractivity contribution in [2.75, 3.05) is 25.3 Å². The minimum absolute atomic E-state index is 0.0590. The van der Waals surface area contributed by atoms with Crippen LogP contribution in [0, 0.1) is 0 Å². The van der Waals surface area contributed by atoms with Gasteiger partial charge in [0.2, 0.25) is 0 Å². The molecular formula is C23H22N2O7. The molecule has 0 bridgehead atoms. The SMILES string of the molecule is CCOC(=O)COc1ccc(/C=C2/C(=O)N(c3cccc(C(=O)O)c3)N=C2C)cc1OC. The van der Waals surface area contributed by atoms with E-state index in [0.29, 0.717) is 34.0 Å². The van der Waals surface area contributed by atoms with Crippen LogP contribution in [-0.2, 0) is 14.3 Å². The molecule has 166 valence electrons. The number of aromatic carboxylic acids is 1. The lowest BCUT2D eigenvalue weighted by Crippen LogP contribution is -2.21. The lowest BCUT2D eigenvalue weighted by molar-refractivity contribution is -0.145. The van der Waals surface area contributed by atoms with Crippen LogP contribution in [0.5, 0.6) is 11.5 Å². The summed E-state index contributed by atoms with van der Waals surface area (Å²) in [6, 6.07) is 11.0. The van der Waals surface area contributed by atoms with Gasteiger partial charge < -0.3 is 19.3 Å². The minimum atomic E-state index is -1.09. The third-order valence-corrected chi connectivity index (χ3v) is 4.55. The molecule has 0 aromatic heterocycles. The first-order valence-electron chi connectivity index (χ1n) is 9.75. The number of hydrogen-bond acceptors (Lipinski definition) is 7. The second kappa shape index (κ2) is 9.78. The Kier molecular flexibility index (Phi) is 6.89. The first kappa shape index (κ1) is 22.5. The number of carboxylic acid groups (broad SMARTS) is 1. The summed E-state index contributed by atoms with van der Waals surface area (Å²) in [7, 11) is 1.47. The van der Waals surface area contributed by atoms with Crippen LogP contribution in [0.4, 0.5) is 5.69 Å². The lowest BCUT2D eigenvalue weighted by Gasteiger charge is -2.12. The van der Waals surface area contributed by atoms with E-state index in [2.05, 4.69) is 5.10 Å². The molecule has 32 heavy (non-hydrogen) atoms. The average Bonchev–Trinajstić information content (AvgIpc) is 3.06. The zero-order valence-electron chi connectivity index (χ0n) is 17.8. The zero-order valence-corrected chi connectivity index (χ0v) is 17.8. The molecule has 1 aliphatic heterocycles. The summed E-state index contributed by atoms with van der Waals surface area (Å²) >= 11 is 0. The smallest absolute Gasteiger partial charge is 0.344 e. The number of carbonyl (C=O) groups is 3. The van der Waals surface area contributed by atoms with E-state index in [9.17, 15) is 19.5 Å². The Morgan fingerprint density at radius 2 is 1.94 bits per heavy atom. The van der Waals surface area contributed by atoms with Crippen LogP contribution in [0.25, 0.3) is 6.08 Å². The van der Waals surface area contributed by atoms with Crippen LogP contribution in [0.15, 0.2) is 53.1 Å². The van der Waals surface area contributed by atoms with Crippen molar-refractivity contribution in [2.24, 2.45) is 5.10 Å². The van der Waals surface area contributed by atoms with E-state index in [1.807, 2.05) is 0 Å². The van der Waals surface area contributed by atoms with Crippen molar-refractivity contribution in [2.45, 2.75) is 13.8 Å². The predicted octanol–water partition coefficient (Wildman–Crippen LogP) is 3.14. The maximum absolute atomic E-state index is 13.0. The fourth-order valence-corrected chi connectivity index (χ4v) is 3.03. The fraction of sp³-hybridized carbons (Fsp3) is 0.217. The number of hydrogen-bond donors (Lipinski definition) is 1. The summed E-state index contributed by atoms with van der Waals surface area (Å²) < 4.78 is 15.6. The number of ether oxygens (including phenoxy) is 3. The van der Waals surface area contributed by atoms with E-state index in [-0.39, 0.29) is 24.7 Å². The molecule has 0 aliphatic carbocycles. The Morgan fingerprint density at radius 1 is 1.16 bits per heavy atom. The minimum Gasteiger partial charge on any atom is -0.493 e. The number of carbonyl (C=O) groups excluding carboxylic acids is 2. The third-order valence-electron chi connectivity index (χ3n) is 4.55. The van der Waals surface area contributed by atoms with Gasteiger partial charge in [-0.15, -0.1) is 0 Å². The Morgan fingerprint density at radius 3 is 2.62 bits per heavy atom. The van der Waals surface area contributed by atoms with Gasteiger partial charge in [-0.25, -0.2) is 9.59 Å². The summed E-state index contributed by atoms with van der Waals surface area (Å²) in [5.41, 5.74) is 1.91. The van der Waals surface area contributed by atoms with Crippen LogP contribution >= 0.6 is 0 Å². The Labute approximate surface area is 184 Å². The van der Waals surface area contributed by atoms with Crippen LogP contribution in [0.1, 0.15) is 29.8 Å². The van der Waals surface area contributed by atoms with E-state index in [1.165, 1.54) is 24.3 Å². The van der Waals surface area contributed by atoms with E-state index in [1.54, 1.807) is 50.3 Å². The molecule has 1 amide bonds. The Hall–Kier alpha value is -4.14. The predicted molar refractivity (Wildman–Crippen MR) is 117 cm³/mol. The number of esters is 1. The highest BCUT2D eigenvalue weighted by atomic mass is 16.6. The van der Waals surface area contributed by atoms with Crippen molar-refractivity contribution in [3.8, 4) is 11.5 Å². The van der Waals surface area contributed by atoms with Crippen molar-refractivity contribution >= 4 is 35.3 Å². The molecule has 9 nitrogen and oxygen atoms in total.